The summed E-state index contributed by atoms with van der Waals surface area (Å²) in [6.45, 7) is 11.8. The Morgan fingerprint density at radius 3 is 2.28 bits per heavy atom. The van der Waals surface area contributed by atoms with Gasteiger partial charge in [-0.2, -0.15) is 5.48 Å². The van der Waals surface area contributed by atoms with Crippen molar-refractivity contribution in [3.05, 3.63) is 71.3 Å². The van der Waals surface area contributed by atoms with Gasteiger partial charge in [0.1, 0.15) is 17.8 Å². The molecule has 47 heavy (non-hydrogen) atoms. The van der Waals surface area contributed by atoms with E-state index in [4.69, 9.17) is 19.0 Å². The number of hydrogen-bond donors (Lipinski definition) is 2. The number of piperidine rings is 1. The Balaban J connectivity index is 1.72. The normalized spacial score (nSPS) is 19.9. The lowest BCUT2D eigenvalue weighted by Gasteiger charge is -2.48. The fraction of sp³-hybridized carbons (Fsp3) is 0.543. The van der Waals surface area contributed by atoms with Gasteiger partial charge in [-0.15, -0.1) is 0 Å². The molecule has 2 saturated heterocycles. The van der Waals surface area contributed by atoms with Crippen LogP contribution in [0, 0.1) is 0 Å². The highest BCUT2D eigenvalue weighted by atomic mass is 16.7. The third-order valence-corrected chi connectivity index (χ3v) is 7.82. The molecule has 0 spiro atoms. The summed E-state index contributed by atoms with van der Waals surface area (Å²) in [6, 6.07) is 15.8. The van der Waals surface area contributed by atoms with E-state index in [2.05, 4.69) is 10.8 Å². The fourth-order valence-corrected chi connectivity index (χ4v) is 5.83. The molecule has 0 saturated carbocycles. The van der Waals surface area contributed by atoms with Gasteiger partial charge in [-0.05, 0) is 90.5 Å². The first-order valence-electron chi connectivity index (χ1n) is 16.2. The number of amides is 4. The zero-order valence-electron chi connectivity index (χ0n) is 28.3. The molecule has 256 valence electrons. The molecule has 0 bridgehead atoms. The first-order chi connectivity index (χ1) is 22.2. The molecule has 2 aliphatic heterocycles. The lowest BCUT2D eigenvalue weighted by atomic mass is 9.78. The molecule has 2 fully saturated rings. The van der Waals surface area contributed by atoms with E-state index in [1.165, 1.54) is 9.80 Å². The van der Waals surface area contributed by atoms with E-state index in [1.54, 1.807) is 65.8 Å². The maximum absolute atomic E-state index is 15.1. The summed E-state index contributed by atoms with van der Waals surface area (Å²) in [6.07, 6.45) is -0.0861. The Bertz CT molecular complexity index is 1400. The number of nitrogens with zero attached hydrogens (tertiary/aromatic N) is 2. The summed E-state index contributed by atoms with van der Waals surface area (Å²) in [4.78, 5) is 63.1. The molecule has 0 unspecified atom stereocenters. The number of nitrogens with one attached hydrogen (secondary N) is 2. The summed E-state index contributed by atoms with van der Waals surface area (Å²) in [5, 5.41) is 3.24. The number of carbonyl (C=O) groups is 4. The Labute approximate surface area is 277 Å². The third kappa shape index (κ3) is 9.45. The van der Waals surface area contributed by atoms with E-state index in [1.807, 2.05) is 30.3 Å². The topological polar surface area (TPSA) is 136 Å². The number of ether oxygens (including phenoxy) is 3. The van der Waals surface area contributed by atoms with Crippen molar-refractivity contribution in [3.63, 3.8) is 0 Å². The van der Waals surface area contributed by atoms with Gasteiger partial charge in [0.2, 0.25) is 0 Å². The molecular weight excluding hydrogens is 604 g/mol. The molecule has 2 atom stereocenters. The smallest absolute Gasteiger partial charge is 0.431 e. The lowest BCUT2D eigenvalue weighted by Crippen LogP contribution is -2.64. The molecule has 12 nitrogen and oxygen atoms in total. The quantitative estimate of drug-likeness (QED) is 0.268. The van der Waals surface area contributed by atoms with E-state index in [9.17, 15) is 14.4 Å². The van der Waals surface area contributed by atoms with Gasteiger partial charge in [0, 0.05) is 13.1 Å². The fourth-order valence-electron chi connectivity index (χ4n) is 5.83. The molecule has 2 aromatic carbocycles. The maximum atomic E-state index is 15.1. The molecule has 4 amide bonds. The minimum absolute atomic E-state index is 0.0101. The maximum Gasteiger partial charge on any atom is 0.431 e. The minimum Gasteiger partial charge on any atom is -0.444 e. The van der Waals surface area contributed by atoms with Gasteiger partial charge in [-0.3, -0.25) is 14.5 Å². The Morgan fingerprint density at radius 2 is 1.62 bits per heavy atom. The van der Waals surface area contributed by atoms with Gasteiger partial charge in [0.25, 0.3) is 5.91 Å². The molecular formula is C35H48N4O8. The summed E-state index contributed by atoms with van der Waals surface area (Å²) in [7, 11) is 0. The van der Waals surface area contributed by atoms with E-state index >= 15 is 4.79 Å². The number of hydrogen-bond acceptors (Lipinski definition) is 9. The van der Waals surface area contributed by atoms with Gasteiger partial charge in [-0.1, -0.05) is 54.6 Å². The minimum atomic E-state index is -1.58. The van der Waals surface area contributed by atoms with Crippen LogP contribution >= 0.6 is 0 Å². The van der Waals surface area contributed by atoms with Crippen LogP contribution in [0.3, 0.4) is 0 Å². The highest BCUT2D eigenvalue weighted by Gasteiger charge is 2.55. The van der Waals surface area contributed by atoms with Crippen LogP contribution in [0.2, 0.25) is 0 Å². The van der Waals surface area contributed by atoms with Crippen molar-refractivity contribution in [1.82, 2.24) is 20.6 Å². The van der Waals surface area contributed by atoms with Crippen molar-refractivity contribution in [3.8, 4) is 0 Å². The van der Waals surface area contributed by atoms with Crippen LogP contribution in [-0.2, 0) is 42.6 Å². The average Bonchev–Trinajstić information content (AvgIpc) is 3.53. The Kier molecular flexibility index (Phi) is 11.5. The van der Waals surface area contributed by atoms with Gasteiger partial charge in [0.15, 0.2) is 5.54 Å². The number of carbonyl (C=O) groups excluding carboxylic acids is 4. The van der Waals surface area contributed by atoms with Crippen LogP contribution in [-0.4, -0.2) is 70.9 Å². The van der Waals surface area contributed by atoms with Crippen molar-refractivity contribution in [1.29, 1.82) is 0 Å². The van der Waals surface area contributed by atoms with Crippen molar-refractivity contribution in [2.75, 3.05) is 19.6 Å². The second kappa shape index (κ2) is 15.2. The first-order valence-corrected chi connectivity index (χ1v) is 16.2. The lowest BCUT2D eigenvalue weighted by molar-refractivity contribution is -0.148. The summed E-state index contributed by atoms with van der Waals surface area (Å²) < 4.78 is 16.8. The van der Waals surface area contributed by atoms with Gasteiger partial charge in [0.05, 0.1) is 12.6 Å². The molecule has 2 aromatic rings. The zero-order valence-corrected chi connectivity index (χ0v) is 28.3. The monoisotopic (exact) mass is 652 g/mol. The van der Waals surface area contributed by atoms with Crippen molar-refractivity contribution in [2.24, 2.45) is 0 Å². The largest absolute Gasteiger partial charge is 0.444 e. The Morgan fingerprint density at radius 1 is 0.915 bits per heavy atom. The molecule has 0 aromatic heterocycles. The number of likely N-dealkylation sites (tertiary alicyclic amines) is 1. The molecule has 12 heteroatoms. The molecule has 2 N–H and O–H groups in total. The van der Waals surface area contributed by atoms with Crippen molar-refractivity contribution >= 4 is 24.2 Å². The van der Waals surface area contributed by atoms with Crippen LogP contribution in [0.4, 0.5) is 14.4 Å². The number of imide groups is 1. The first kappa shape index (κ1) is 35.7. The average molecular weight is 653 g/mol. The van der Waals surface area contributed by atoms with Crippen LogP contribution in [0.1, 0.15) is 83.9 Å². The third-order valence-electron chi connectivity index (χ3n) is 7.82. The van der Waals surface area contributed by atoms with Gasteiger partial charge in [-0.25, -0.2) is 19.3 Å². The molecule has 0 radical (unpaired) electrons. The van der Waals surface area contributed by atoms with Crippen LogP contribution in [0.5, 0.6) is 0 Å². The van der Waals surface area contributed by atoms with E-state index in [0.29, 0.717) is 43.5 Å². The standard InChI is InChI=1S/C35H48N4O8/c1-33(2,3)46-30(41)37-45-24-26-15-12-16-27(21-26)35(18-10-11-20-38(35)31(42)47-34(4,5)6)29(40)39(28-17-19-36-22-28)32(43)44-23-25-13-8-7-9-14-25/h7-9,12-16,21,28,36H,10-11,17-20,22-24H2,1-6H3,(H,37,41)/t28-,35-/m0/s1. The molecule has 2 heterocycles. The highest BCUT2D eigenvalue weighted by molar-refractivity contribution is 6.00. The predicted molar refractivity (Wildman–Crippen MR) is 174 cm³/mol. The Hall–Kier alpha value is -4.16. The van der Waals surface area contributed by atoms with Crippen LogP contribution < -0.4 is 10.8 Å². The van der Waals surface area contributed by atoms with Gasteiger partial charge < -0.3 is 19.5 Å². The molecule has 2 aliphatic rings. The second-order valence-corrected chi connectivity index (χ2v) is 13.9. The summed E-state index contributed by atoms with van der Waals surface area (Å²) in [5.74, 6) is -0.556. The molecule has 4 rings (SSSR count). The highest BCUT2D eigenvalue weighted by Crippen LogP contribution is 2.42. The number of hydroxylamine groups is 1. The van der Waals surface area contributed by atoms with Crippen molar-refractivity contribution in [2.45, 2.75) is 103 Å². The van der Waals surface area contributed by atoms with Crippen molar-refractivity contribution < 1.29 is 38.2 Å². The van der Waals surface area contributed by atoms with E-state index in [-0.39, 0.29) is 26.2 Å². The van der Waals surface area contributed by atoms with Gasteiger partial charge >= 0.3 is 18.3 Å². The van der Waals surface area contributed by atoms with Crippen LogP contribution in [0.15, 0.2) is 54.6 Å². The number of benzene rings is 2. The SMILES string of the molecule is CC(C)(C)OC(=O)NOCc1cccc([C@]2(C(=O)N(C(=O)OCc3ccccc3)[C@H]3CCNC3)CCCCN2C(=O)OC(C)(C)C)c1. The summed E-state index contributed by atoms with van der Waals surface area (Å²) >= 11 is 0. The second-order valence-electron chi connectivity index (χ2n) is 13.9. The number of rotatable bonds is 8. The van der Waals surface area contributed by atoms with Crippen LogP contribution in [0.25, 0.3) is 0 Å². The zero-order chi connectivity index (χ0) is 34.2. The predicted octanol–water partition coefficient (Wildman–Crippen LogP) is 5.79. The molecule has 0 aliphatic carbocycles. The summed E-state index contributed by atoms with van der Waals surface area (Å²) in [5.41, 5.74) is 1.09. The van der Waals surface area contributed by atoms with E-state index < -0.39 is 47.0 Å². The van der Waals surface area contributed by atoms with E-state index in [0.717, 1.165) is 5.56 Å².